The summed E-state index contributed by atoms with van der Waals surface area (Å²) in [5, 5.41) is 21.7. The predicted molar refractivity (Wildman–Crippen MR) is 88.1 cm³/mol. The number of nitrogens with zero attached hydrogens (tertiary/aromatic N) is 3. The Morgan fingerprint density at radius 1 is 1.00 bits per heavy atom. The van der Waals surface area contributed by atoms with Gasteiger partial charge in [-0.2, -0.15) is 0 Å². The summed E-state index contributed by atoms with van der Waals surface area (Å²) in [5.74, 6) is -0.791. The van der Waals surface area contributed by atoms with Crippen LogP contribution in [0.15, 0.2) is 48.5 Å². The lowest BCUT2D eigenvalue weighted by atomic mass is 10.1. The van der Waals surface area contributed by atoms with Gasteiger partial charge in [-0.3, -0.25) is 25.0 Å². The van der Waals surface area contributed by atoms with Crippen molar-refractivity contribution in [2.24, 2.45) is 0 Å². The minimum absolute atomic E-state index is 0.00833. The third-order valence-corrected chi connectivity index (χ3v) is 3.46. The summed E-state index contributed by atoms with van der Waals surface area (Å²) in [7, 11) is 0. The fraction of sp³-hybridized carbons (Fsp3) is 0.133. The minimum atomic E-state index is -0.569. The first-order chi connectivity index (χ1) is 11.4. The van der Waals surface area contributed by atoms with Gasteiger partial charge in [-0.05, 0) is 11.6 Å². The van der Waals surface area contributed by atoms with Crippen molar-refractivity contribution in [1.29, 1.82) is 0 Å². The Balaban J connectivity index is 2.38. The van der Waals surface area contributed by atoms with Gasteiger partial charge in [-0.1, -0.05) is 18.2 Å². The lowest BCUT2D eigenvalue weighted by Gasteiger charge is -2.22. The zero-order chi connectivity index (χ0) is 17.7. The van der Waals surface area contributed by atoms with Crippen LogP contribution in [0.1, 0.15) is 5.56 Å². The van der Waals surface area contributed by atoms with Crippen molar-refractivity contribution in [2.45, 2.75) is 6.54 Å². The number of amides is 1. The molecular formula is C15H12ClN3O5. The summed E-state index contributed by atoms with van der Waals surface area (Å²) in [6, 6.07) is 11.4. The molecule has 0 bridgehead atoms. The monoisotopic (exact) mass is 349 g/mol. The molecule has 0 aromatic heterocycles. The van der Waals surface area contributed by atoms with Gasteiger partial charge >= 0.3 is 0 Å². The first-order valence-electron chi connectivity index (χ1n) is 6.76. The van der Waals surface area contributed by atoms with Crippen LogP contribution in [-0.2, 0) is 11.3 Å². The molecule has 0 fully saturated rings. The second kappa shape index (κ2) is 7.51. The van der Waals surface area contributed by atoms with Crippen LogP contribution in [0.3, 0.4) is 0 Å². The lowest BCUT2D eigenvalue weighted by Crippen LogP contribution is -2.31. The standard InChI is InChI=1S/C15H12ClN3O5/c16-9-15(20)17(12-4-2-6-14(8-12)19(23)24)10-11-3-1-5-13(7-11)18(21)22/h1-8H,9-10H2. The zero-order valence-electron chi connectivity index (χ0n) is 12.3. The third kappa shape index (κ3) is 4.05. The molecule has 0 heterocycles. The molecular weight excluding hydrogens is 338 g/mol. The van der Waals surface area contributed by atoms with Crippen LogP contribution in [0.5, 0.6) is 0 Å². The largest absolute Gasteiger partial charge is 0.307 e. The smallest absolute Gasteiger partial charge is 0.271 e. The number of anilines is 1. The maximum atomic E-state index is 12.1. The Kier molecular flexibility index (Phi) is 5.43. The first-order valence-corrected chi connectivity index (χ1v) is 7.30. The summed E-state index contributed by atoms with van der Waals surface area (Å²) in [4.78, 5) is 34.0. The van der Waals surface area contributed by atoms with Gasteiger partial charge in [0.05, 0.1) is 22.1 Å². The highest BCUT2D eigenvalue weighted by molar-refractivity contribution is 6.29. The molecule has 24 heavy (non-hydrogen) atoms. The van der Waals surface area contributed by atoms with E-state index in [1.54, 1.807) is 6.07 Å². The summed E-state index contributed by atoms with van der Waals surface area (Å²) in [6.45, 7) is 0.00833. The number of carbonyl (C=O) groups is 1. The molecule has 9 heteroatoms. The second-order valence-electron chi connectivity index (χ2n) is 4.82. The molecule has 8 nitrogen and oxygen atoms in total. The van der Waals surface area contributed by atoms with E-state index >= 15 is 0 Å². The number of halogens is 1. The minimum Gasteiger partial charge on any atom is -0.307 e. The third-order valence-electron chi connectivity index (χ3n) is 3.23. The second-order valence-corrected chi connectivity index (χ2v) is 5.08. The van der Waals surface area contributed by atoms with Crippen LogP contribution in [0.25, 0.3) is 0 Å². The molecule has 0 N–H and O–H groups in total. The topological polar surface area (TPSA) is 107 Å². The van der Waals surface area contributed by atoms with Crippen LogP contribution in [0, 0.1) is 20.2 Å². The average molecular weight is 350 g/mol. The van der Waals surface area contributed by atoms with E-state index in [1.165, 1.54) is 47.4 Å². The van der Waals surface area contributed by atoms with Crippen LogP contribution < -0.4 is 4.90 Å². The summed E-state index contributed by atoms with van der Waals surface area (Å²) in [5.41, 5.74) is 0.527. The van der Waals surface area contributed by atoms with E-state index in [-0.39, 0.29) is 23.8 Å². The van der Waals surface area contributed by atoms with E-state index in [9.17, 15) is 25.0 Å². The van der Waals surface area contributed by atoms with E-state index < -0.39 is 15.8 Å². The zero-order valence-corrected chi connectivity index (χ0v) is 13.0. The molecule has 2 aromatic carbocycles. The normalized spacial score (nSPS) is 10.2. The van der Waals surface area contributed by atoms with Gasteiger partial charge in [0.15, 0.2) is 0 Å². The first kappa shape index (κ1) is 17.4. The molecule has 0 saturated carbocycles. The van der Waals surface area contributed by atoms with Crippen LogP contribution >= 0.6 is 11.6 Å². The summed E-state index contributed by atoms with van der Waals surface area (Å²) >= 11 is 5.61. The SMILES string of the molecule is O=C(CCl)N(Cc1cccc([N+](=O)[O-])c1)c1cccc([N+](=O)[O-])c1. The number of hydrogen-bond acceptors (Lipinski definition) is 5. The van der Waals surface area contributed by atoms with E-state index in [1.807, 2.05) is 0 Å². The van der Waals surface area contributed by atoms with Gasteiger partial charge in [-0.15, -0.1) is 11.6 Å². The Morgan fingerprint density at radius 2 is 1.58 bits per heavy atom. The van der Waals surface area contributed by atoms with Crippen LogP contribution in [-0.4, -0.2) is 21.6 Å². The lowest BCUT2D eigenvalue weighted by molar-refractivity contribution is -0.385. The van der Waals surface area contributed by atoms with Crippen LogP contribution in [0.2, 0.25) is 0 Å². The fourth-order valence-electron chi connectivity index (χ4n) is 2.12. The van der Waals surface area contributed by atoms with Gasteiger partial charge in [0, 0.05) is 24.3 Å². The maximum Gasteiger partial charge on any atom is 0.271 e. The summed E-state index contributed by atoms with van der Waals surface area (Å²) in [6.07, 6.45) is 0. The van der Waals surface area contributed by atoms with Gasteiger partial charge in [0.1, 0.15) is 5.88 Å². The number of benzene rings is 2. The molecule has 124 valence electrons. The van der Waals surface area contributed by atoms with E-state index in [0.717, 1.165) is 0 Å². The number of non-ortho nitro benzene ring substituents is 2. The molecule has 0 aliphatic rings. The molecule has 0 aliphatic heterocycles. The molecule has 0 radical (unpaired) electrons. The Bertz CT molecular complexity index is 796. The number of nitro groups is 2. The fourth-order valence-corrected chi connectivity index (χ4v) is 2.27. The van der Waals surface area contributed by atoms with E-state index in [4.69, 9.17) is 11.6 Å². The molecule has 0 saturated heterocycles. The molecule has 0 atom stereocenters. The van der Waals surface area contributed by atoms with Crippen molar-refractivity contribution >= 4 is 34.6 Å². The number of nitro benzene ring substituents is 2. The van der Waals surface area contributed by atoms with Gasteiger partial charge < -0.3 is 4.90 Å². The van der Waals surface area contributed by atoms with Crippen molar-refractivity contribution in [1.82, 2.24) is 0 Å². The van der Waals surface area contributed by atoms with Gasteiger partial charge in [-0.25, -0.2) is 0 Å². The quantitative estimate of drug-likeness (QED) is 0.452. The molecule has 0 spiro atoms. The van der Waals surface area contributed by atoms with Crippen molar-refractivity contribution < 1.29 is 14.6 Å². The number of alkyl halides is 1. The van der Waals surface area contributed by atoms with Crippen molar-refractivity contribution in [3.05, 3.63) is 74.3 Å². The van der Waals surface area contributed by atoms with E-state index in [2.05, 4.69) is 0 Å². The molecule has 0 unspecified atom stereocenters. The van der Waals surface area contributed by atoms with Crippen molar-refractivity contribution in [2.75, 3.05) is 10.8 Å². The molecule has 2 aromatic rings. The summed E-state index contributed by atoms with van der Waals surface area (Å²) < 4.78 is 0. The maximum absolute atomic E-state index is 12.1. The Labute approximate surface area is 141 Å². The van der Waals surface area contributed by atoms with Gasteiger partial charge in [0.2, 0.25) is 5.91 Å². The highest BCUT2D eigenvalue weighted by atomic mass is 35.5. The molecule has 2 rings (SSSR count). The van der Waals surface area contributed by atoms with Crippen LogP contribution in [0.4, 0.5) is 17.1 Å². The molecule has 1 amide bonds. The number of carbonyl (C=O) groups excluding carboxylic acids is 1. The van der Waals surface area contributed by atoms with E-state index in [0.29, 0.717) is 11.3 Å². The van der Waals surface area contributed by atoms with Gasteiger partial charge in [0.25, 0.3) is 11.4 Å². The van der Waals surface area contributed by atoms with Crippen molar-refractivity contribution in [3.8, 4) is 0 Å². The average Bonchev–Trinajstić information content (AvgIpc) is 2.59. The Hall–Kier alpha value is -3.00. The number of hydrogen-bond donors (Lipinski definition) is 0. The Morgan fingerprint density at radius 3 is 2.17 bits per heavy atom. The predicted octanol–water partition coefficient (Wildman–Crippen LogP) is 3.28. The van der Waals surface area contributed by atoms with Crippen molar-refractivity contribution in [3.63, 3.8) is 0 Å². The molecule has 0 aliphatic carbocycles. The highest BCUT2D eigenvalue weighted by Gasteiger charge is 2.19. The number of rotatable bonds is 6. The highest BCUT2D eigenvalue weighted by Crippen LogP contribution is 2.24.